The quantitative estimate of drug-likeness (QED) is 0.142. The number of hydrogen-bond acceptors (Lipinski definition) is 5. The van der Waals surface area contributed by atoms with Crippen LogP contribution in [0.25, 0.3) is 76.9 Å². The number of allylic oxidation sites excluding steroid dienone is 3. The molecule has 0 spiro atoms. The molecule has 0 fully saturated rings. The van der Waals surface area contributed by atoms with Crippen molar-refractivity contribution in [2.75, 3.05) is 9.80 Å². The van der Waals surface area contributed by atoms with Crippen LogP contribution >= 0.6 is 0 Å². The summed E-state index contributed by atoms with van der Waals surface area (Å²) >= 11 is 0. The summed E-state index contributed by atoms with van der Waals surface area (Å²) < 4.78 is 21.2. The maximum Gasteiger partial charge on any atom is 0.162 e. The summed E-state index contributed by atoms with van der Waals surface area (Å²) in [5, 5.41) is 6.20. The van der Waals surface area contributed by atoms with Crippen LogP contribution in [-0.2, 0) is 0 Å². The SMILES string of the molecule is C1=CC(N(c2ccc(-c3ccccc3)cc2)c2c3ccccc3c(N(c3ccc(-c4ccccc4)cc3)c3cccc4c3oc3ccccc34)c3c2oc2ccccc23)=C2Oc3ccccc3C2C1. The van der Waals surface area contributed by atoms with Gasteiger partial charge in [-0.2, -0.15) is 0 Å². The van der Waals surface area contributed by atoms with Crippen LogP contribution in [0.1, 0.15) is 17.9 Å². The van der Waals surface area contributed by atoms with Crippen LogP contribution in [0.3, 0.4) is 0 Å². The van der Waals surface area contributed by atoms with Crippen molar-refractivity contribution < 1.29 is 13.6 Å². The van der Waals surface area contributed by atoms with Crippen LogP contribution in [0.5, 0.6) is 5.75 Å². The first-order valence-corrected chi connectivity index (χ1v) is 23.6. The third-order valence-corrected chi connectivity index (χ3v) is 14.0. The van der Waals surface area contributed by atoms with Gasteiger partial charge in [-0.15, -0.1) is 0 Å². The van der Waals surface area contributed by atoms with Crippen LogP contribution in [0.15, 0.2) is 257 Å². The highest BCUT2D eigenvalue weighted by atomic mass is 16.5. The minimum absolute atomic E-state index is 0.0719. The zero-order chi connectivity index (χ0) is 45.4. The van der Waals surface area contributed by atoms with Crippen molar-refractivity contribution in [2.45, 2.75) is 12.3 Å². The molecular formula is C64H42N2O3. The maximum atomic E-state index is 7.35. The van der Waals surface area contributed by atoms with Gasteiger partial charge in [0.15, 0.2) is 11.2 Å². The van der Waals surface area contributed by atoms with Crippen molar-refractivity contribution >= 4 is 83.1 Å². The molecule has 5 nitrogen and oxygen atoms in total. The highest BCUT2D eigenvalue weighted by molar-refractivity contribution is 6.28. The number of furan rings is 2. The van der Waals surface area contributed by atoms with E-state index in [0.717, 1.165) is 129 Å². The van der Waals surface area contributed by atoms with E-state index in [-0.39, 0.29) is 5.92 Å². The fourth-order valence-corrected chi connectivity index (χ4v) is 10.8. The molecule has 0 bridgehead atoms. The largest absolute Gasteiger partial charge is 0.459 e. The standard InChI is InChI=1S/C64H42N2O3/c1-3-17-41(18-4-1)43-33-37-45(38-34-43)65(54-28-15-26-51-47-21-9-12-30-56(47)67-62(51)54)60-49-23-7-8-24-50(49)61(64-59(60)53-25-11-14-32-58(53)69-64)66(46-39-35-44(36-40-46)42-19-5-2-6-20-42)55-29-16-27-52-48-22-10-13-31-57(48)68-63(52)55/h1-26,28-40,52H,27H2. The Balaban J connectivity index is 1.09. The van der Waals surface area contributed by atoms with Crippen molar-refractivity contribution in [3.63, 3.8) is 0 Å². The van der Waals surface area contributed by atoms with Gasteiger partial charge in [0.05, 0.1) is 34.1 Å². The average molecular weight is 887 g/mol. The van der Waals surface area contributed by atoms with Crippen molar-refractivity contribution in [2.24, 2.45) is 0 Å². The Bertz CT molecular complexity index is 4010. The number of nitrogens with zero attached hydrogens (tertiary/aromatic N) is 2. The van der Waals surface area contributed by atoms with E-state index in [2.05, 4.69) is 240 Å². The van der Waals surface area contributed by atoms with Crippen molar-refractivity contribution in [3.8, 4) is 28.0 Å². The Hall–Kier alpha value is -9.06. The molecule has 2 aliphatic rings. The van der Waals surface area contributed by atoms with Crippen molar-refractivity contribution in [1.29, 1.82) is 0 Å². The number of anilines is 5. The molecule has 3 heterocycles. The molecule has 1 atom stereocenters. The van der Waals surface area contributed by atoms with Crippen LogP contribution in [-0.4, -0.2) is 0 Å². The number of benzene rings is 10. The molecule has 69 heavy (non-hydrogen) atoms. The highest BCUT2D eigenvalue weighted by Crippen LogP contribution is 2.56. The lowest BCUT2D eigenvalue weighted by Crippen LogP contribution is -2.22. The normalized spacial score (nSPS) is 14.2. The molecule has 1 aliphatic carbocycles. The van der Waals surface area contributed by atoms with Gasteiger partial charge in [-0.05, 0) is 83.3 Å². The van der Waals surface area contributed by atoms with Crippen LogP contribution in [0.2, 0.25) is 0 Å². The van der Waals surface area contributed by atoms with Gasteiger partial charge in [0.2, 0.25) is 0 Å². The molecule has 0 N–H and O–H groups in total. The number of ether oxygens (including phenoxy) is 1. The minimum atomic E-state index is 0.0719. The molecule has 14 rings (SSSR count). The smallest absolute Gasteiger partial charge is 0.162 e. The second kappa shape index (κ2) is 15.8. The third kappa shape index (κ3) is 6.24. The van der Waals surface area contributed by atoms with E-state index in [9.17, 15) is 0 Å². The summed E-state index contributed by atoms with van der Waals surface area (Å²) in [5.41, 5.74) is 14.8. The Kier molecular flexibility index (Phi) is 8.96. The molecule has 1 aliphatic heterocycles. The van der Waals surface area contributed by atoms with Crippen molar-refractivity contribution in [3.05, 3.63) is 254 Å². The fraction of sp³-hybridized carbons (Fsp3) is 0.0312. The summed E-state index contributed by atoms with van der Waals surface area (Å²) in [6.07, 6.45) is 5.38. The number of fused-ring (bicyclic) bond motifs is 10. The molecule has 2 aromatic heterocycles. The molecule has 326 valence electrons. The molecule has 0 radical (unpaired) electrons. The van der Waals surface area contributed by atoms with Gasteiger partial charge in [0.25, 0.3) is 0 Å². The second-order valence-corrected chi connectivity index (χ2v) is 17.9. The van der Waals surface area contributed by atoms with E-state index in [1.165, 1.54) is 5.56 Å². The topological polar surface area (TPSA) is 42.0 Å². The molecular weight excluding hydrogens is 845 g/mol. The second-order valence-electron chi connectivity index (χ2n) is 17.9. The molecule has 5 heteroatoms. The molecule has 0 saturated heterocycles. The molecule has 10 aromatic carbocycles. The van der Waals surface area contributed by atoms with E-state index in [1.54, 1.807) is 0 Å². The molecule has 0 saturated carbocycles. The number of hydrogen-bond donors (Lipinski definition) is 0. The third-order valence-electron chi connectivity index (χ3n) is 14.0. The Morgan fingerprint density at radius 3 is 1.61 bits per heavy atom. The van der Waals surface area contributed by atoms with Gasteiger partial charge in [-0.1, -0.05) is 182 Å². The highest BCUT2D eigenvalue weighted by Gasteiger charge is 2.37. The summed E-state index contributed by atoms with van der Waals surface area (Å²) in [7, 11) is 0. The minimum Gasteiger partial charge on any atom is -0.459 e. The van der Waals surface area contributed by atoms with E-state index in [0.29, 0.717) is 0 Å². The van der Waals surface area contributed by atoms with Crippen LogP contribution in [0, 0.1) is 0 Å². The zero-order valence-electron chi connectivity index (χ0n) is 37.4. The molecule has 0 amide bonds. The van der Waals surface area contributed by atoms with Gasteiger partial charge in [0.1, 0.15) is 22.7 Å². The van der Waals surface area contributed by atoms with Gasteiger partial charge in [-0.25, -0.2) is 0 Å². The summed E-state index contributed by atoms with van der Waals surface area (Å²) in [6, 6.07) is 79.4. The van der Waals surface area contributed by atoms with Gasteiger partial charge < -0.3 is 23.4 Å². The lowest BCUT2D eigenvalue weighted by Gasteiger charge is -2.33. The van der Waals surface area contributed by atoms with Crippen LogP contribution < -0.4 is 14.5 Å². The monoisotopic (exact) mass is 886 g/mol. The Morgan fingerprint density at radius 2 is 0.913 bits per heavy atom. The lowest BCUT2D eigenvalue weighted by molar-refractivity contribution is 0.418. The van der Waals surface area contributed by atoms with Crippen LogP contribution in [0.4, 0.5) is 28.4 Å². The average Bonchev–Trinajstić information content (AvgIpc) is 4.13. The van der Waals surface area contributed by atoms with Crippen molar-refractivity contribution in [1.82, 2.24) is 0 Å². The summed E-state index contributed by atoms with van der Waals surface area (Å²) in [5.74, 6) is 1.91. The number of rotatable bonds is 8. The van der Waals surface area contributed by atoms with Gasteiger partial charge >= 0.3 is 0 Å². The first-order valence-electron chi connectivity index (χ1n) is 23.6. The van der Waals surface area contributed by atoms with E-state index >= 15 is 0 Å². The summed E-state index contributed by atoms with van der Waals surface area (Å²) in [4.78, 5) is 4.78. The van der Waals surface area contributed by atoms with E-state index in [4.69, 9.17) is 13.6 Å². The fourth-order valence-electron chi connectivity index (χ4n) is 10.8. The van der Waals surface area contributed by atoms with Gasteiger partial charge in [-0.3, -0.25) is 0 Å². The predicted molar refractivity (Wildman–Crippen MR) is 283 cm³/mol. The first kappa shape index (κ1) is 39.1. The van der Waals surface area contributed by atoms with Gasteiger partial charge in [0, 0.05) is 43.9 Å². The Labute approximate surface area is 398 Å². The summed E-state index contributed by atoms with van der Waals surface area (Å²) in [6.45, 7) is 0. The van der Waals surface area contributed by atoms with E-state index in [1.807, 2.05) is 6.07 Å². The predicted octanol–water partition coefficient (Wildman–Crippen LogP) is 17.9. The molecule has 1 unspecified atom stereocenters. The maximum absolute atomic E-state index is 7.35. The zero-order valence-corrected chi connectivity index (χ0v) is 37.4. The number of para-hydroxylation sites is 4. The Morgan fingerprint density at radius 1 is 0.391 bits per heavy atom. The van der Waals surface area contributed by atoms with E-state index < -0.39 is 0 Å². The lowest BCUT2D eigenvalue weighted by atomic mass is 9.90. The molecule has 12 aromatic rings. The first-order chi connectivity index (χ1) is 34.2.